The molecule has 136 valence electrons. The second kappa shape index (κ2) is 10.3. The Balaban J connectivity index is 1.74. The Morgan fingerprint density at radius 3 is 2.92 bits per heavy atom. The van der Waals surface area contributed by atoms with Crippen LogP contribution in [-0.4, -0.2) is 59.4 Å². The molecule has 0 aromatic carbocycles. The number of piperidine rings is 1. The van der Waals surface area contributed by atoms with Gasteiger partial charge in [-0.15, -0.1) is 0 Å². The zero-order valence-electron chi connectivity index (χ0n) is 15.6. The Labute approximate surface area is 146 Å². The standard InChI is InChI=1S/C18H34N6/c1-4-17-8-6-7-12-24(17)13-11-21-18(19-5-2)20-10-9-16-14-22-23(3)15-16/h14-15,17H,4-13H2,1-3H3,(H2,19,20,21). The summed E-state index contributed by atoms with van der Waals surface area (Å²) in [5, 5.41) is 11.0. The van der Waals surface area contributed by atoms with E-state index in [1.807, 2.05) is 17.9 Å². The number of aromatic nitrogens is 2. The van der Waals surface area contributed by atoms with Crippen molar-refractivity contribution < 1.29 is 0 Å². The maximum absolute atomic E-state index is 4.74. The molecule has 6 nitrogen and oxygen atoms in total. The van der Waals surface area contributed by atoms with Gasteiger partial charge in [0.25, 0.3) is 0 Å². The highest BCUT2D eigenvalue weighted by molar-refractivity contribution is 5.79. The summed E-state index contributed by atoms with van der Waals surface area (Å²) >= 11 is 0. The summed E-state index contributed by atoms with van der Waals surface area (Å²) in [4.78, 5) is 7.36. The van der Waals surface area contributed by atoms with Crippen LogP contribution in [0.25, 0.3) is 0 Å². The molecule has 1 aromatic rings. The number of likely N-dealkylation sites (tertiary alicyclic amines) is 1. The van der Waals surface area contributed by atoms with Gasteiger partial charge in [0.1, 0.15) is 0 Å². The van der Waals surface area contributed by atoms with Gasteiger partial charge >= 0.3 is 0 Å². The summed E-state index contributed by atoms with van der Waals surface area (Å²) in [7, 11) is 1.95. The van der Waals surface area contributed by atoms with E-state index in [-0.39, 0.29) is 0 Å². The third kappa shape index (κ3) is 6.15. The predicted molar refractivity (Wildman–Crippen MR) is 100 cm³/mol. The number of nitrogens with one attached hydrogen (secondary N) is 2. The molecule has 0 spiro atoms. The van der Waals surface area contributed by atoms with E-state index in [0.29, 0.717) is 0 Å². The summed E-state index contributed by atoms with van der Waals surface area (Å²) in [5.74, 6) is 0.923. The highest BCUT2D eigenvalue weighted by Crippen LogP contribution is 2.18. The molecule has 2 rings (SSSR count). The zero-order chi connectivity index (χ0) is 17.2. The molecule has 2 N–H and O–H groups in total. The van der Waals surface area contributed by atoms with Crippen LogP contribution in [0, 0.1) is 0 Å². The minimum Gasteiger partial charge on any atom is -0.357 e. The summed E-state index contributed by atoms with van der Waals surface area (Å²) < 4.78 is 1.84. The molecular formula is C18H34N6. The quantitative estimate of drug-likeness (QED) is 0.562. The minimum atomic E-state index is 0.759. The summed E-state index contributed by atoms with van der Waals surface area (Å²) in [6.45, 7) is 9.33. The molecule has 0 aliphatic carbocycles. The van der Waals surface area contributed by atoms with Crippen LogP contribution >= 0.6 is 0 Å². The molecule has 1 saturated heterocycles. The summed E-state index contributed by atoms with van der Waals surface area (Å²) in [5.41, 5.74) is 1.25. The van der Waals surface area contributed by atoms with Crippen molar-refractivity contribution in [2.75, 3.05) is 32.7 Å². The second-order valence-electron chi connectivity index (χ2n) is 6.55. The number of hydrogen-bond acceptors (Lipinski definition) is 3. The smallest absolute Gasteiger partial charge is 0.191 e. The maximum Gasteiger partial charge on any atom is 0.191 e. The fourth-order valence-electron chi connectivity index (χ4n) is 3.37. The third-order valence-electron chi connectivity index (χ3n) is 4.69. The lowest BCUT2D eigenvalue weighted by Gasteiger charge is -2.34. The van der Waals surface area contributed by atoms with Crippen LogP contribution in [-0.2, 0) is 13.5 Å². The van der Waals surface area contributed by atoms with Gasteiger partial charge in [0.15, 0.2) is 5.96 Å². The number of aryl methyl sites for hydroxylation is 1. The Morgan fingerprint density at radius 2 is 2.21 bits per heavy atom. The SMILES string of the molecule is CCNC(=NCCN1CCCCC1CC)NCCc1cnn(C)c1. The Kier molecular flexibility index (Phi) is 8.08. The van der Waals surface area contributed by atoms with Gasteiger partial charge < -0.3 is 10.6 Å². The summed E-state index contributed by atoms with van der Waals surface area (Å²) in [6.07, 6.45) is 10.3. The van der Waals surface area contributed by atoms with Gasteiger partial charge in [-0.05, 0) is 44.7 Å². The first kappa shape index (κ1) is 18.8. The van der Waals surface area contributed by atoms with Crippen LogP contribution in [0.3, 0.4) is 0 Å². The van der Waals surface area contributed by atoms with E-state index < -0.39 is 0 Å². The van der Waals surface area contributed by atoms with E-state index >= 15 is 0 Å². The number of aliphatic imine (C=N–C) groups is 1. The zero-order valence-corrected chi connectivity index (χ0v) is 15.6. The lowest BCUT2D eigenvalue weighted by Crippen LogP contribution is -2.42. The minimum absolute atomic E-state index is 0.759. The van der Waals surface area contributed by atoms with Crippen LogP contribution in [0.1, 0.15) is 45.1 Å². The van der Waals surface area contributed by atoms with Gasteiger partial charge in [-0.2, -0.15) is 5.10 Å². The van der Waals surface area contributed by atoms with Crippen molar-refractivity contribution in [3.63, 3.8) is 0 Å². The fraction of sp³-hybridized carbons (Fsp3) is 0.778. The molecule has 1 aromatic heterocycles. The normalized spacial score (nSPS) is 19.5. The molecule has 0 radical (unpaired) electrons. The molecule has 0 saturated carbocycles. The maximum atomic E-state index is 4.74. The molecule has 1 atom stereocenters. The lowest BCUT2D eigenvalue weighted by atomic mass is 10.0. The monoisotopic (exact) mass is 334 g/mol. The fourth-order valence-corrected chi connectivity index (χ4v) is 3.37. The van der Waals surface area contributed by atoms with E-state index in [1.54, 1.807) is 0 Å². The van der Waals surface area contributed by atoms with Gasteiger partial charge in [0, 0.05) is 38.9 Å². The molecule has 2 heterocycles. The van der Waals surface area contributed by atoms with E-state index in [2.05, 4.69) is 40.7 Å². The van der Waals surface area contributed by atoms with E-state index in [9.17, 15) is 0 Å². The predicted octanol–water partition coefficient (Wildman–Crippen LogP) is 1.78. The second-order valence-corrected chi connectivity index (χ2v) is 6.55. The molecule has 0 amide bonds. The van der Waals surface area contributed by atoms with Gasteiger partial charge in [-0.25, -0.2) is 0 Å². The van der Waals surface area contributed by atoms with Crippen molar-refractivity contribution >= 4 is 5.96 Å². The molecule has 1 aliphatic rings. The molecule has 1 aliphatic heterocycles. The van der Waals surface area contributed by atoms with Crippen molar-refractivity contribution in [2.24, 2.45) is 12.0 Å². The van der Waals surface area contributed by atoms with Gasteiger partial charge in [0.2, 0.25) is 0 Å². The lowest BCUT2D eigenvalue weighted by molar-refractivity contribution is 0.148. The van der Waals surface area contributed by atoms with Crippen molar-refractivity contribution in [3.05, 3.63) is 18.0 Å². The van der Waals surface area contributed by atoms with Crippen LogP contribution < -0.4 is 10.6 Å². The Bertz CT molecular complexity index is 495. The van der Waals surface area contributed by atoms with Crippen LogP contribution in [0.4, 0.5) is 0 Å². The average Bonchev–Trinajstić information content (AvgIpc) is 3.00. The Hall–Kier alpha value is -1.56. The Morgan fingerprint density at radius 1 is 1.33 bits per heavy atom. The van der Waals surface area contributed by atoms with Gasteiger partial charge in [0.05, 0.1) is 12.7 Å². The van der Waals surface area contributed by atoms with Crippen LogP contribution in [0.2, 0.25) is 0 Å². The average molecular weight is 335 g/mol. The first-order valence-electron chi connectivity index (χ1n) is 9.46. The van der Waals surface area contributed by atoms with E-state index in [1.165, 1.54) is 37.8 Å². The van der Waals surface area contributed by atoms with Crippen molar-refractivity contribution in [1.29, 1.82) is 0 Å². The molecule has 1 fully saturated rings. The van der Waals surface area contributed by atoms with Crippen molar-refractivity contribution in [2.45, 2.75) is 52.0 Å². The number of rotatable bonds is 8. The van der Waals surface area contributed by atoms with Crippen LogP contribution in [0.5, 0.6) is 0 Å². The van der Waals surface area contributed by atoms with Gasteiger partial charge in [-0.1, -0.05) is 13.3 Å². The van der Waals surface area contributed by atoms with E-state index in [0.717, 1.165) is 44.6 Å². The number of hydrogen-bond donors (Lipinski definition) is 2. The highest BCUT2D eigenvalue weighted by Gasteiger charge is 2.19. The third-order valence-corrected chi connectivity index (χ3v) is 4.69. The largest absolute Gasteiger partial charge is 0.357 e. The number of guanidine groups is 1. The van der Waals surface area contributed by atoms with E-state index in [4.69, 9.17) is 4.99 Å². The van der Waals surface area contributed by atoms with Crippen molar-refractivity contribution in [1.82, 2.24) is 25.3 Å². The topological polar surface area (TPSA) is 57.5 Å². The van der Waals surface area contributed by atoms with Crippen molar-refractivity contribution in [3.8, 4) is 0 Å². The van der Waals surface area contributed by atoms with Crippen LogP contribution in [0.15, 0.2) is 17.4 Å². The molecule has 6 heteroatoms. The molecule has 0 bridgehead atoms. The molecule has 24 heavy (non-hydrogen) atoms. The molecular weight excluding hydrogens is 300 g/mol. The highest BCUT2D eigenvalue weighted by atomic mass is 15.2. The van der Waals surface area contributed by atoms with Gasteiger partial charge in [-0.3, -0.25) is 14.6 Å². The first-order chi connectivity index (χ1) is 11.7. The summed E-state index contributed by atoms with van der Waals surface area (Å²) in [6, 6.07) is 0.759. The number of nitrogens with zero attached hydrogens (tertiary/aromatic N) is 4. The molecule has 1 unspecified atom stereocenters. The first-order valence-corrected chi connectivity index (χ1v) is 9.46.